The maximum absolute atomic E-state index is 11.0. The first kappa shape index (κ1) is 9.30. The van der Waals surface area contributed by atoms with Gasteiger partial charge in [-0.25, -0.2) is 0 Å². The normalized spacial score (nSPS) is 36.9. The molecule has 0 N–H and O–H groups in total. The SMILES string of the molecule is CC=CC1(C)COC(=O)C(C)C1. The third-order valence-electron chi connectivity index (χ3n) is 2.29. The molecular weight excluding hydrogens is 152 g/mol. The van der Waals surface area contributed by atoms with Crippen molar-refractivity contribution in [2.75, 3.05) is 6.61 Å². The van der Waals surface area contributed by atoms with E-state index in [1.807, 2.05) is 19.9 Å². The van der Waals surface area contributed by atoms with Crippen molar-refractivity contribution in [3.8, 4) is 0 Å². The lowest BCUT2D eigenvalue weighted by atomic mass is 9.80. The highest BCUT2D eigenvalue weighted by molar-refractivity contribution is 5.73. The van der Waals surface area contributed by atoms with E-state index in [1.54, 1.807) is 0 Å². The van der Waals surface area contributed by atoms with Gasteiger partial charge >= 0.3 is 5.97 Å². The summed E-state index contributed by atoms with van der Waals surface area (Å²) in [7, 11) is 0. The minimum atomic E-state index is -0.0584. The number of carbonyl (C=O) groups is 1. The molecule has 0 aromatic carbocycles. The molecule has 0 aliphatic carbocycles. The van der Waals surface area contributed by atoms with Crippen LogP contribution >= 0.6 is 0 Å². The molecule has 1 heterocycles. The Morgan fingerprint density at radius 1 is 1.67 bits per heavy atom. The van der Waals surface area contributed by atoms with Crippen molar-refractivity contribution in [3.63, 3.8) is 0 Å². The molecule has 0 saturated carbocycles. The zero-order chi connectivity index (χ0) is 9.19. The number of hydrogen-bond donors (Lipinski definition) is 0. The average molecular weight is 168 g/mol. The molecule has 2 heteroatoms. The van der Waals surface area contributed by atoms with E-state index in [2.05, 4.69) is 13.0 Å². The van der Waals surface area contributed by atoms with Crippen LogP contribution in [0, 0.1) is 11.3 Å². The van der Waals surface area contributed by atoms with Gasteiger partial charge in [0.1, 0.15) is 6.61 Å². The lowest BCUT2D eigenvalue weighted by Crippen LogP contribution is -2.35. The van der Waals surface area contributed by atoms with Crippen LogP contribution in [0.3, 0.4) is 0 Å². The van der Waals surface area contributed by atoms with Crippen LogP contribution in [0.4, 0.5) is 0 Å². The first-order valence-electron chi connectivity index (χ1n) is 4.38. The maximum atomic E-state index is 11.0. The van der Waals surface area contributed by atoms with Crippen molar-refractivity contribution >= 4 is 5.97 Å². The quantitative estimate of drug-likeness (QED) is 0.443. The predicted molar refractivity (Wildman–Crippen MR) is 47.7 cm³/mol. The van der Waals surface area contributed by atoms with Crippen molar-refractivity contribution < 1.29 is 9.53 Å². The maximum Gasteiger partial charge on any atom is 0.308 e. The van der Waals surface area contributed by atoms with Gasteiger partial charge in [-0.05, 0) is 13.3 Å². The molecule has 1 rings (SSSR count). The molecule has 0 radical (unpaired) electrons. The van der Waals surface area contributed by atoms with Gasteiger partial charge in [0.15, 0.2) is 0 Å². The van der Waals surface area contributed by atoms with Gasteiger partial charge < -0.3 is 4.74 Å². The molecular formula is C10H16O2. The fourth-order valence-corrected chi connectivity index (χ4v) is 1.74. The first-order valence-corrected chi connectivity index (χ1v) is 4.38. The minimum absolute atomic E-state index is 0.0416. The molecule has 1 saturated heterocycles. The van der Waals surface area contributed by atoms with E-state index in [1.165, 1.54) is 0 Å². The van der Waals surface area contributed by atoms with Crippen LogP contribution in [-0.2, 0) is 9.53 Å². The predicted octanol–water partition coefficient (Wildman–Crippen LogP) is 2.15. The number of ether oxygens (including phenoxy) is 1. The first-order chi connectivity index (χ1) is 5.57. The van der Waals surface area contributed by atoms with E-state index in [9.17, 15) is 4.79 Å². The van der Waals surface area contributed by atoms with Crippen LogP contribution in [0.25, 0.3) is 0 Å². The third kappa shape index (κ3) is 1.87. The summed E-state index contributed by atoms with van der Waals surface area (Å²) in [6.45, 7) is 6.56. The van der Waals surface area contributed by atoms with Crippen molar-refractivity contribution in [2.24, 2.45) is 11.3 Å². The average Bonchev–Trinajstić information content (AvgIpc) is 1.98. The monoisotopic (exact) mass is 168 g/mol. The second-order valence-corrected chi connectivity index (χ2v) is 3.87. The molecule has 68 valence electrons. The van der Waals surface area contributed by atoms with Crippen LogP contribution in [0.1, 0.15) is 27.2 Å². The molecule has 0 amide bonds. The number of esters is 1. The number of allylic oxidation sites excluding steroid dienone is 1. The van der Waals surface area contributed by atoms with Gasteiger partial charge in [-0.2, -0.15) is 0 Å². The third-order valence-corrected chi connectivity index (χ3v) is 2.29. The Morgan fingerprint density at radius 3 is 2.83 bits per heavy atom. The molecule has 2 atom stereocenters. The molecule has 0 aromatic rings. The molecule has 1 fully saturated rings. The molecule has 1 aliphatic heterocycles. The van der Waals surface area contributed by atoms with Crippen molar-refractivity contribution in [1.29, 1.82) is 0 Å². The van der Waals surface area contributed by atoms with Crippen molar-refractivity contribution in [1.82, 2.24) is 0 Å². The van der Waals surface area contributed by atoms with E-state index in [-0.39, 0.29) is 17.3 Å². The molecule has 2 unspecified atom stereocenters. The Balaban J connectivity index is 2.66. The summed E-state index contributed by atoms with van der Waals surface area (Å²) in [6.07, 6.45) is 5.04. The highest BCUT2D eigenvalue weighted by atomic mass is 16.5. The Kier molecular flexibility index (Phi) is 2.55. The summed E-state index contributed by atoms with van der Waals surface area (Å²) in [5, 5.41) is 0. The topological polar surface area (TPSA) is 26.3 Å². The smallest absolute Gasteiger partial charge is 0.308 e. The number of rotatable bonds is 1. The van der Waals surface area contributed by atoms with Gasteiger partial charge in [0.05, 0.1) is 5.92 Å². The van der Waals surface area contributed by atoms with E-state index in [0.717, 1.165) is 6.42 Å². The Labute approximate surface area is 73.6 Å². The summed E-state index contributed by atoms with van der Waals surface area (Å²) in [4.78, 5) is 11.0. The summed E-state index contributed by atoms with van der Waals surface area (Å²) in [5.74, 6) is -0.0167. The lowest BCUT2D eigenvalue weighted by Gasteiger charge is -2.33. The summed E-state index contributed by atoms with van der Waals surface area (Å²) in [6, 6.07) is 0. The van der Waals surface area contributed by atoms with E-state index in [0.29, 0.717) is 6.61 Å². The van der Waals surface area contributed by atoms with Crippen LogP contribution in [-0.4, -0.2) is 12.6 Å². The zero-order valence-electron chi connectivity index (χ0n) is 7.96. The van der Waals surface area contributed by atoms with Crippen LogP contribution in [0.2, 0.25) is 0 Å². The summed E-state index contributed by atoms with van der Waals surface area (Å²) >= 11 is 0. The number of hydrogen-bond acceptors (Lipinski definition) is 2. The molecule has 0 bridgehead atoms. The van der Waals surface area contributed by atoms with Crippen molar-refractivity contribution in [2.45, 2.75) is 27.2 Å². The Bertz CT molecular complexity index is 208. The second-order valence-electron chi connectivity index (χ2n) is 3.87. The molecule has 1 aliphatic rings. The Hall–Kier alpha value is -0.790. The van der Waals surface area contributed by atoms with Crippen LogP contribution < -0.4 is 0 Å². The standard InChI is InChI=1S/C10H16O2/c1-4-5-10(3)6-8(2)9(11)12-7-10/h4-5,8H,6-7H2,1-3H3. The van der Waals surface area contributed by atoms with Gasteiger partial charge in [0.2, 0.25) is 0 Å². The van der Waals surface area contributed by atoms with Crippen molar-refractivity contribution in [3.05, 3.63) is 12.2 Å². The van der Waals surface area contributed by atoms with Crippen LogP contribution in [0.5, 0.6) is 0 Å². The fraction of sp³-hybridized carbons (Fsp3) is 0.700. The number of cyclic esters (lactones) is 1. The zero-order valence-corrected chi connectivity index (χ0v) is 7.96. The molecule has 12 heavy (non-hydrogen) atoms. The molecule has 0 aromatic heterocycles. The Morgan fingerprint density at radius 2 is 2.33 bits per heavy atom. The largest absolute Gasteiger partial charge is 0.465 e. The minimum Gasteiger partial charge on any atom is -0.465 e. The number of carbonyl (C=O) groups excluding carboxylic acids is 1. The van der Waals surface area contributed by atoms with Gasteiger partial charge in [0.25, 0.3) is 0 Å². The van der Waals surface area contributed by atoms with Gasteiger partial charge in [-0.15, -0.1) is 0 Å². The molecule has 0 spiro atoms. The van der Waals surface area contributed by atoms with Gasteiger partial charge in [-0.1, -0.05) is 26.0 Å². The van der Waals surface area contributed by atoms with Gasteiger partial charge in [-0.3, -0.25) is 4.79 Å². The lowest BCUT2D eigenvalue weighted by molar-refractivity contribution is -0.157. The van der Waals surface area contributed by atoms with E-state index >= 15 is 0 Å². The summed E-state index contributed by atoms with van der Waals surface area (Å²) < 4.78 is 5.07. The van der Waals surface area contributed by atoms with Gasteiger partial charge in [0, 0.05) is 5.41 Å². The fourth-order valence-electron chi connectivity index (χ4n) is 1.74. The van der Waals surface area contributed by atoms with E-state index in [4.69, 9.17) is 4.74 Å². The highest BCUT2D eigenvalue weighted by Gasteiger charge is 2.33. The highest BCUT2D eigenvalue weighted by Crippen LogP contribution is 2.32. The van der Waals surface area contributed by atoms with Crippen LogP contribution in [0.15, 0.2) is 12.2 Å². The molecule has 2 nitrogen and oxygen atoms in total. The second kappa shape index (κ2) is 3.30. The summed E-state index contributed by atoms with van der Waals surface area (Å²) in [5.41, 5.74) is 0.0576. The van der Waals surface area contributed by atoms with E-state index < -0.39 is 0 Å².